The van der Waals surface area contributed by atoms with Crippen LogP contribution in [-0.4, -0.2) is 11.5 Å². The fraction of sp³-hybridized carbons (Fsp3) is 0.200. The lowest BCUT2D eigenvalue weighted by molar-refractivity contribution is 0.645. The zero-order chi connectivity index (χ0) is 13.1. The van der Waals surface area contributed by atoms with Gasteiger partial charge in [0.1, 0.15) is 5.82 Å². The number of hydrogen-bond acceptors (Lipinski definition) is 4. The summed E-state index contributed by atoms with van der Waals surface area (Å²) in [5.74, 6) is 0.714. The van der Waals surface area contributed by atoms with Crippen molar-refractivity contribution in [2.45, 2.75) is 13.0 Å². The third-order valence-corrected chi connectivity index (χ3v) is 3.29. The van der Waals surface area contributed by atoms with E-state index in [9.17, 15) is 0 Å². The first kappa shape index (κ1) is 11.7. The average molecular weight is 250 g/mol. The Morgan fingerprint density at radius 3 is 3.16 bits per heavy atom. The molecule has 0 fully saturated rings. The van der Waals surface area contributed by atoms with Crippen LogP contribution in [0, 0.1) is 11.3 Å². The number of nitrogens with one attached hydrogen (secondary N) is 2. The highest BCUT2D eigenvalue weighted by Gasteiger charge is 2.12. The lowest BCUT2D eigenvalue weighted by Crippen LogP contribution is -2.24. The summed E-state index contributed by atoms with van der Waals surface area (Å²) in [5.41, 5.74) is 4.36. The van der Waals surface area contributed by atoms with Gasteiger partial charge in [-0.15, -0.1) is 0 Å². The molecule has 4 heteroatoms. The minimum atomic E-state index is 0.615. The van der Waals surface area contributed by atoms with Crippen LogP contribution in [0.1, 0.15) is 16.7 Å². The second-order valence-corrected chi connectivity index (χ2v) is 4.54. The molecule has 94 valence electrons. The summed E-state index contributed by atoms with van der Waals surface area (Å²) in [5, 5.41) is 15.6. The fourth-order valence-electron chi connectivity index (χ4n) is 2.36. The molecule has 2 heterocycles. The lowest BCUT2D eigenvalue weighted by atomic mass is 9.99. The number of aromatic nitrogens is 1. The summed E-state index contributed by atoms with van der Waals surface area (Å²) in [6, 6.07) is 11.8. The SMILES string of the molecule is N#Cc1ccnc(Nc2cccc3c2CCNC3)c1. The molecule has 0 radical (unpaired) electrons. The maximum absolute atomic E-state index is 8.91. The van der Waals surface area contributed by atoms with Crippen molar-refractivity contribution in [3.05, 3.63) is 53.2 Å². The zero-order valence-corrected chi connectivity index (χ0v) is 10.5. The molecule has 2 N–H and O–H groups in total. The molecule has 3 rings (SSSR count). The second kappa shape index (κ2) is 5.09. The van der Waals surface area contributed by atoms with Crippen LogP contribution < -0.4 is 10.6 Å². The molecule has 1 aliphatic rings. The minimum absolute atomic E-state index is 0.615. The molecule has 0 bridgehead atoms. The molecule has 0 unspecified atom stereocenters. The van der Waals surface area contributed by atoms with Crippen LogP contribution in [0.4, 0.5) is 11.5 Å². The predicted molar refractivity (Wildman–Crippen MR) is 74.1 cm³/mol. The van der Waals surface area contributed by atoms with Gasteiger partial charge in [0, 0.05) is 18.4 Å². The van der Waals surface area contributed by atoms with Gasteiger partial charge in [-0.05, 0) is 42.3 Å². The monoisotopic (exact) mass is 250 g/mol. The van der Waals surface area contributed by atoms with Gasteiger partial charge in [-0.1, -0.05) is 12.1 Å². The first-order valence-corrected chi connectivity index (χ1v) is 6.31. The van der Waals surface area contributed by atoms with E-state index >= 15 is 0 Å². The number of benzene rings is 1. The number of nitrogens with zero attached hydrogens (tertiary/aromatic N) is 2. The Bertz CT molecular complexity index is 643. The summed E-state index contributed by atoms with van der Waals surface area (Å²) >= 11 is 0. The number of nitriles is 1. The average Bonchev–Trinajstić information content (AvgIpc) is 2.48. The summed E-state index contributed by atoms with van der Waals surface area (Å²) in [4.78, 5) is 4.25. The number of anilines is 2. The number of fused-ring (bicyclic) bond motifs is 1. The van der Waals surface area contributed by atoms with Crippen LogP contribution in [-0.2, 0) is 13.0 Å². The van der Waals surface area contributed by atoms with Crippen molar-refractivity contribution in [1.82, 2.24) is 10.3 Å². The van der Waals surface area contributed by atoms with Gasteiger partial charge in [-0.25, -0.2) is 4.98 Å². The van der Waals surface area contributed by atoms with Crippen LogP contribution >= 0.6 is 0 Å². The molecule has 0 saturated heterocycles. The smallest absolute Gasteiger partial charge is 0.131 e. The van der Waals surface area contributed by atoms with Gasteiger partial charge in [0.15, 0.2) is 0 Å². The number of hydrogen-bond donors (Lipinski definition) is 2. The minimum Gasteiger partial charge on any atom is -0.340 e. The first-order valence-electron chi connectivity index (χ1n) is 6.31. The van der Waals surface area contributed by atoms with Crippen molar-refractivity contribution in [1.29, 1.82) is 5.26 Å². The highest BCUT2D eigenvalue weighted by molar-refractivity contribution is 5.63. The highest BCUT2D eigenvalue weighted by atomic mass is 15.0. The summed E-state index contributed by atoms with van der Waals surface area (Å²) in [6.45, 7) is 1.91. The van der Waals surface area contributed by atoms with E-state index in [0.717, 1.165) is 25.2 Å². The maximum atomic E-state index is 8.91. The molecule has 0 atom stereocenters. The Balaban J connectivity index is 1.93. The van der Waals surface area contributed by atoms with Crippen LogP contribution in [0.5, 0.6) is 0 Å². The first-order chi connectivity index (χ1) is 9.36. The largest absolute Gasteiger partial charge is 0.340 e. The molecular formula is C15H14N4. The molecule has 0 aliphatic carbocycles. The topological polar surface area (TPSA) is 60.7 Å². The van der Waals surface area contributed by atoms with E-state index < -0.39 is 0 Å². The van der Waals surface area contributed by atoms with Crippen LogP contribution in [0.3, 0.4) is 0 Å². The summed E-state index contributed by atoms with van der Waals surface area (Å²) in [6.07, 6.45) is 2.66. The second-order valence-electron chi connectivity index (χ2n) is 4.54. The predicted octanol–water partition coefficient (Wildman–Crippen LogP) is 2.34. The van der Waals surface area contributed by atoms with E-state index in [1.165, 1.54) is 11.1 Å². The van der Waals surface area contributed by atoms with Gasteiger partial charge in [-0.2, -0.15) is 5.26 Å². The van der Waals surface area contributed by atoms with Gasteiger partial charge in [0.05, 0.1) is 11.6 Å². The van der Waals surface area contributed by atoms with Crippen LogP contribution in [0.2, 0.25) is 0 Å². The lowest BCUT2D eigenvalue weighted by Gasteiger charge is -2.20. The molecular weight excluding hydrogens is 236 g/mol. The third kappa shape index (κ3) is 2.42. The molecule has 0 saturated carbocycles. The normalized spacial score (nSPS) is 13.4. The van der Waals surface area contributed by atoms with E-state index in [1.54, 1.807) is 18.3 Å². The van der Waals surface area contributed by atoms with Crippen LogP contribution in [0.15, 0.2) is 36.5 Å². The number of pyridine rings is 1. The van der Waals surface area contributed by atoms with Gasteiger partial charge in [0.2, 0.25) is 0 Å². The summed E-state index contributed by atoms with van der Waals surface area (Å²) < 4.78 is 0. The van der Waals surface area contributed by atoms with Crippen molar-refractivity contribution >= 4 is 11.5 Å². The quantitative estimate of drug-likeness (QED) is 0.858. The van der Waals surface area contributed by atoms with Gasteiger partial charge in [0.25, 0.3) is 0 Å². The molecule has 19 heavy (non-hydrogen) atoms. The fourth-order valence-corrected chi connectivity index (χ4v) is 2.36. The van der Waals surface area contributed by atoms with Crippen molar-refractivity contribution in [3.63, 3.8) is 0 Å². The molecule has 1 aliphatic heterocycles. The highest BCUT2D eigenvalue weighted by Crippen LogP contribution is 2.25. The van der Waals surface area contributed by atoms with E-state index in [0.29, 0.717) is 11.4 Å². The molecule has 4 nitrogen and oxygen atoms in total. The Labute approximate surface area is 112 Å². The van der Waals surface area contributed by atoms with Gasteiger partial charge >= 0.3 is 0 Å². The Morgan fingerprint density at radius 2 is 2.26 bits per heavy atom. The van der Waals surface area contributed by atoms with Crippen molar-refractivity contribution < 1.29 is 0 Å². The maximum Gasteiger partial charge on any atom is 0.131 e. The third-order valence-electron chi connectivity index (χ3n) is 3.29. The van der Waals surface area contributed by atoms with E-state index in [4.69, 9.17) is 5.26 Å². The zero-order valence-electron chi connectivity index (χ0n) is 10.5. The Morgan fingerprint density at radius 1 is 1.32 bits per heavy atom. The molecule has 1 aromatic carbocycles. The van der Waals surface area contributed by atoms with E-state index in [1.807, 2.05) is 6.07 Å². The van der Waals surface area contributed by atoms with Crippen molar-refractivity contribution in [2.75, 3.05) is 11.9 Å². The Hall–Kier alpha value is -2.38. The van der Waals surface area contributed by atoms with E-state index in [-0.39, 0.29) is 0 Å². The Kier molecular flexibility index (Phi) is 3.13. The summed E-state index contributed by atoms with van der Waals surface area (Å²) in [7, 11) is 0. The van der Waals surface area contributed by atoms with Crippen molar-refractivity contribution in [2.24, 2.45) is 0 Å². The number of rotatable bonds is 2. The van der Waals surface area contributed by atoms with E-state index in [2.05, 4.69) is 33.8 Å². The molecule has 0 amide bonds. The van der Waals surface area contributed by atoms with Gasteiger partial charge < -0.3 is 10.6 Å². The van der Waals surface area contributed by atoms with Gasteiger partial charge in [-0.3, -0.25) is 0 Å². The standard InChI is InChI=1S/C15H14N4/c16-9-11-4-7-18-15(8-11)19-14-3-1-2-12-10-17-6-5-13(12)14/h1-4,7-8,17H,5-6,10H2,(H,18,19). The molecule has 1 aromatic heterocycles. The van der Waals surface area contributed by atoms with Crippen molar-refractivity contribution in [3.8, 4) is 6.07 Å². The van der Waals surface area contributed by atoms with Crippen LogP contribution in [0.25, 0.3) is 0 Å². The molecule has 0 spiro atoms. The molecule has 2 aromatic rings.